The molecule has 0 fully saturated rings. The molecule has 0 aromatic rings. The average molecular weight is 109 g/mol. The van der Waals surface area contributed by atoms with E-state index < -0.39 is 0 Å². The Bertz CT molecular complexity index is 126. The third kappa shape index (κ3) is 1.79. The maximum absolute atomic E-state index is 8.38. The summed E-state index contributed by atoms with van der Waals surface area (Å²) in [6.07, 6.45) is 1.85. The van der Waals surface area contributed by atoms with Crippen molar-refractivity contribution in [2.24, 2.45) is 5.92 Å². The first kappa shape index (κ1) is 7.23. The van der Waals surface area contributed by atoms with Gasteiger partial charge in [0.1, 0.15) is 0 Å². The van der Waals surface area contributed by atoms with Gasteiger partial charge in [-0.25, -0.2) is 0 Å². The molecule has 0 atom stereocenters. The SMILES string of the molecule is CC=C(C#N)C(C)C. The van der Waals surface area contributed by atoms with E-state index in [1.54, 1.807) is 0 Å². The summed E-state index contributed by atoms with van der Waals surface area (Å²) in [6.45, 7) is 5.91. The summed E-state index contributed by atoms with van der Waals surface area (Å²) in [6, 6.07) is 2.11. The minimum atomic E-state index is 0.380. The Kier molecular flexibility index (Phi) is 2.95. The first-order valence-electron chi connectivity index (χ1n) is 2.78. The van der Waals surface area contributed by atoms with E-state index in [1.807, 2.05) is 26.8 Å². The van der Waals surface area contributed by atoms with Crippen molar-refractivity contribution in [1.82, 2.24) is 0 Å². The van der Waals surface area contributed by atoms with Crippen LogP contribution in [-0.2, 0) is 0 Å². The van der Waals surface area contributed by atoms with E-state index in [0.29, 0.717) is 5.92 Å². The highest BCUT2D eigenvalue weighted by molar-refractivity contribution is 5.21. The number of rotatable bonds is 1. The monoisotopic (exact) mass is 109 g/mol. The normalized spacial score (nSPS) is 11.6. The van der Waals surface area contributed by atoms with E-state index in [4.69, 9.17) is 5.26 Å². The quantitative estimate of drug-likeness (QED) is 0.473. The molecule has 0 radical (unpaired) electrons. The van der Waals surface area contributed by atoms with Crippen molar-refractivity contribution < 1.29 is 0 Å². The van der Waals surface area contributed by atoms with E-state index in [-0.39, 0.29) is 0 Å². The maximum atomic E-state index is 8.38. The van der Waals surface area contributed by atoms with Gasteiger partial charge < -0.3 is 0 Å². The van der Waals surface area contributed by atoms with Gasteiger partial charge in [-0.3, -0.25) is 0 Å². The molecule has 0 bridgehead atoms. The molecule has 0 saturated carbocycles. The van der Waals surface area contributed by atoms with Crippen LogP contribution in [0.5, 0.6) is 0 Å². The van der Waals surface area contributed by atoms with Crippen LogP contribution in [-0.4, -0.2) is 0 Å². The highest BCUT2D eigenvalue weighted by atomic mass is 14.2. The number of nitrogens with zero attached hydrogens (tertiary/aromatic N) is 1. The van der Waals surface area contributed by atoms with E-state index in [2.05, 4.69) is 6.07 Å². The molecule has 0 aromatic heterocycles. The fourth-order valence-corrected chi connectivity index (χ4v) is 0.527. The Morgan fingerprint density at radius 1 is 1.62 bits per heavy atom. The van der Waals surface area contributed by atoms with Crippen LogP contribution in [0, 0.1) is 17.2 Å². The van der Waals surface area contributed by atoms with Gasteiger partial charge in [0.15, 0.2) is 0 Å². The smallest absolute Gasteiger partial charge is 0.0946 e. The molecule has 0 aliphatic rings. The second-order valence-corrected chi connectivity index (χ2v) is 2.01. The fourth-order valence-electron chi connectivity index (χ4n) is 0.527. The Hall–Kier alpha value is -0.770. The predicted octanol–water partition coefficient (Wildman–Crippen LogP) is 2.11. The van der Waals surface area contributed by atoms with Crippen molar-refractivity contribution in [2.45, 2.75) is 20.8 Å². The molecule has 0 aromatic carbocycles. The van der Waals surface area contributed by atoms with Crippen LogP contribution in [0.2, 0.25) is 0 Å². The molecule has 0 amide bonds. The van der Waals surface area contributed by atoms with Crippen molar-refractivity contribution in [2.75, 3.05) is 0 Å². The zero-order valence-corrected chi connectivity index (χ0v) is 5.60. The first-order valence-corrected chi connectivity index (χ1v) is 2.78. The molecule has 8 heavy (non-hydrogen) atoms. The van der Waals surface area contributed by atoms with Gasteiger partial charge in [0.05, 0.1) is 6.07 Å². The van der Waals surface area contributed by atoms with Gasteiger partial charge in [0, 0.05) is 5.57 Å². The summed E-state index contributed by atoms with van der Waals surface area (Å²) in [5.74, 6) is 0.380. The van der Waals surface area contributed by atoms with E-state index in [1.165, 1.54) is 0 Å². The van der Waals surface area contributed by atoms with Crippen molar-refractivity contribution in [1.29, 1.82) is 5.26 Å². The molecule has 0 N–H and O–H groups in total. The Morgan fingerprint density at radius 2 is 2.12 bits per heavy atom. The van der Waals surface area contributed by atoms with Gasteiger partial charge in [-0.15, -0.1) is 0 Å². The molecule has 0 saturated heterocycles. The summed E-state index contributed by atoms with van der Waals surface area (Å²) < 4.78 is 0. The van der Waals surface area contributed by atoms with E-state index in [0.717, 1.165) is 5.57 Å². The van der Waals surface area contributed by atoms with E-state index in [9.17, 15) is 0 Å². The summed E-state index contributed by atoms with van der Waals surface area (Å²) in [5, 5.41) is 8.38. The minimum absolute atomic E-state index is 0.380. The molecule has 0 unspecified atom stereocenters. The minimum Gasteiger partial charge on any atom is -0.193 e. The van der Waals surface area contributed by atoms with Crippen LogP contribution < -0.4 is 0 Å². The summed E-state index contributed by atoms with van der Waals surface area (Å²) in [4.78, 5) is 0. The summed E-state index contributed by atoms with van der Waals surface area (Å²) >= 11 is 0. The largest absolute Gasteiger partial charge is 0.193 e. The van der Waals surface area contributed by atoms with Crippen LogP contribution in [0.1, 0.15) is 20.8 Å². The lowest BCUT2D eigenvalue weighted by atomic mass is 10.1. The first-order chi connectivity index (χ1) is 3.72. The number of hydrogen-bond donors (Lipinski definition) is 0. The molecular weight excluding hydrogens is 98.1 g/mol. The number of nitriles is 1. The highest BCUT2D eigenvalue weighted by Crippen LogP contribution is 2.05. The lowest BCUT2D eigenvalue weighted by Gasteiger charge is -1.97. The van der Waals surface area contributed by atoms with Gasteiger partial charge in [-0.2, -0.15) is 5.26 Å². The third-order valence-electron chi connectivity index (χ3n) is 1.06. The Morgan fingerprint density at radius 3 is 2.12 bits per heavy atom. The highest BCUT2D eigenvalue weighted by Gasteiger charge is 1.96. The van der Waals surface area contributed by atoms with Crippen LogP contribution in [0.3, 0.4) is 0 Å². The van der Waals surface area contributed by atoms with Gasteiger partial charge in [-0.05, 0) is 12.8 Å². The second-order valence-electron chi connectivity index (χ2n) is 2.01. The van der Waals surface area contributed by atoms with Crippen molar-refractivity contribution in [3.05, 3.63) is 11.6 Å². The molecular formula is C7H11N. The van der Waals surface area contributed by atoms with Gasteiger partial charge in [0.25, 0.3) is 0 Å². The average Bonchev–Trinajstić information content (AvgIpc) is 1.69. The molecule has 0 rings (SSSR count). The topological polar surface area (TPSA) is 23.8 Å². The zero-order valence-electron chi connectivity index (χ0n) is 5.60. The van der Waals surface area contributed by atoms with Crippen LogP contribution in [0.15, 0.2) is 11.6 Å². The molecule has 0 aliphatic heterocycles. The van der Waals surface area contributed by atoms with E-state index >= 15 is 0 Å². The van der Waals surface area contributed by atoms with Crippen LogP contribution in [0.4, 0.5) is 0 Å². The van der Waals surface area contributed by atoms with Crippen LogP contribution >= 0.6 is 0 Å². The third-order valence-corrected chi connectivity index (χ3v) is 1.06. The fraction of sp³-hybridized carbons (Fsp3) is 0.571. The number of hydrogen-bond acceptors (Lipinski definition) is 1. The van der Waals surface area contributed by atoms with Crippen molar-refractivity contribution >= 4 is 0 Å². The molecule has 0 spiro atoms. The Balaban J connectivity index is 3.98. The standard InChI is InChI=1S/C7H11N/c1-4-7(5-8)6(2)3/h4,6H,1-3H3. The Labute approximate surface area is 50.6 Å². The molecule has 1 nitrogen and oxygen atoms in total. The van der Waals surface area contributed by atoms with Gasteiger partial charge >= 0.3 is 0 Å². The molecule has 0 aliphatic carbocycles. The summed E-state index contributed by atoms with van der Waals surface area (Å²) in [7, 11) is 0. The van der Waals surface area contributed by atoms with Crippen molar-refractivity contribution in [3.63, 3.8) is 0 Å². The molecule has 44 valence electrons. The number of allylic oxidation sites excluding steroid dienone is 2. The van der Waals surface area contributed by atoms with Gasteiger partial charge in [-0.1, -0.05) is 19.9 Å². The summed E-state index contributed by atoms with van der Waals surface area (Å²) in [5.41, 5.74) is 0.866. The zero-order chi connectivity index (χ0) is 6.57. The van der Waals surface area contributed by atoms with Gasteiger partial charge in [0.2, 0.25) is 0 Å². The van der Waals surface area contributed by atoms with Crippen LogP contribution in [0.25, 0.3) is 0 Å². The lowest BCUT2D eigenvalue weighted by Crippen LogP contribution is -1.88. The maximum Gasteiger partial charge on any atom is 0.0946 e. The predicted molar refractivity (Wildman–Crippen MR) is 34.2 cm³/mol. The second kappa shape index (κ2) is 3.26. The molecule has 1 heteroatoms. The molecule has 0 heterocycles. The van der Waals surface area contributed by atoms with Crippen molar-refractivity contribution in [3.8, 4) is 6.07 Å². The lowest BCUT2D eigenvalue weighted by molar-refractivity contribution is 0.793.